The van der Waals surface area contributed by atoms with Crippen LogP contribution in [0.5, 0.6) is 0 Å². The maximum Gasteiger partial charge on any atom is 0.231 e. The summed E-state index contributed by atoms with van der Waals surface area (Å²) in [5.41, 5.74) is 5.38. The number of halogens is 1. The van der Waals surface area contributed by atoms with Gasteiger partial charge in [0, 0.05) is 19.6 Å². The number of piperidine rings is 1. The standard InChI is InChI=1S/C11H17ClN6O/c1-6-3-4-7(8(13)19)5-18(6)11-16-9(12)15-10(14-2)17-11/h6-7H,3-5H2,1-2H3,(H2,13,19)(H,14,15,16,17). The fraction of sp³-hybridized carbons (Fsp3) is 0.636. The molecular weight excluding hydrogens is 268 g/mol. The molecule has 2 rings (SSSR count). The van der Waals surface area contributed by atoms with Crippen LogP contribution in [0.1, 0.15) is 19.8 Å². The minimum absolute atomic E-state index is 0.128. The molecule has 0 bridgehead atoms. The van der Waals surface area contributed by atoms with Gasteiger partial charge in [-0.3, -0.25) is 4.79 Å². The third-order valence-corrected chi connectivity index (χ3v) is 3.53. The van der Waals surface area contributed by atoms with Crippen molar-refractivity contribution in [2.75, 3.05) is 23.8 Å². The molecule has 8 heteroatoms. The Morgan fingerprint density at radius 2 is 2.16 bits per heavy atom. The second-order valence-electron chi connectivity index (χ2n) is 4.66. The van der Waals surface area contributed by atoms with Crippen LogP contribution < -0.4 is 16.0 Å². The van der Waals surface area contributed by atoms with E-state index in [0.717, 1.165) is 12.8 Å². The number of nitrogens with two attached hydrogens (primary N) is 1. The number of hydrogen-bond acceptors (Lipinski definition) is 6. The maximum absolute atomic E-state index is 11.3. The second kappa shape index (κ2) is 5.56. The monoisotopic (exact) mass is 284 g/mol. The van der Waals surface area contributed by atoms with Crippen molar-refractivity contribution in [1.82, 2.24) is 15.0 Å². The van der Waals surface area contributed by atoms with Crippen LogP contribution in [0.3, 0.4) is 0 Å². The van der Waals surface area contributed by atoms with Crippen molar-refractivity contribution in [3.05, 3.63) is 5.28 Å². The molecule has 1 fully saturated rings. The number of nitrogens with zero attached hydrogens (tertiary/aromatic N) is 4. The highest BCUT2D eigenvalue weighted by Crippen LogP contribution is 2.26. The lowest BCUT2D eigenvalue weighted by Crippen LogP contribution is -2.46. The van der Waals surface area contributed by atoms with Crippen molar-refractivity contribution in [2.45, 2.75) is 25.8 Å². The maximum atomic E-state index is 11.3. The molecule has 1 aromatic rings. The van der Waals surface area contributed by atoms with Crippen LogP contribution in [0.2, 0.25) is 5.28 Å². The lowest BCUT2D eigenvalue weighted by atomic mass is 9.93. The molecule has 1 aliphatic rings. The van der Waals surface area contributed by atoms with Gasteiger partial charge in [0.2, 0.25) is 23.1 Å². The van der Waals surface area contributed by atoms with Crippen molar-refractivity contribution in [1.29, 1.82) is 0 Å². The van der Waals surface area contributed by atoms with Gasteiger partial charge in [-0.15, -0.1) is 0 Å². The van der Waals surface area contributed by atoms with Crippen LogP contribution in [0, 0.1) is 5.92 Å². The summed E-state index contributed by atoms with van der Waals surface area (Å²) in [5, 5.41) is 2.96. The van der Waals surface area contributed by atoms with Gasteiger partial charge >= 0.3 is 0 Å². The molecule has 0 saturated carbocycles. The quantitative estimate of drug-likeness (QED) is 0.846. The fourth-order valence-corrected chi connectivity index (χ4v) is 2.35. The molecule has 19 heavy (non-hydrogen) atoms. The van der Waals surface area contributed by atoms with Gasteiger partial charge in [-0.05, 0) is 31.4 Å². The molecule has 1 saturated heterocycles. The Labute approximate surface area is 116 Å². The molecule has 104 valence electrons. The van der Waals surface area contributed by atoms with Crippen molar-refractivity contribution < 1.29 is 4.79 Å². The lowest BCUT2D eigenvalue weighted by molar-refractivity contribution is -0.122. The zero-order chi connectivity index (χ0) is 14.0. The number of amides is 1. The molecule has 3 N–H and O–H groups in total. The third kappa shape index (κ3) is 3.04. The van der Waals surface area contributed by atoms with Gasteiger partial charge in [-0.2, -0.15) is 15.0 Å². The Bertz CT molecular complexity index is 482. The Balaban J connectivity index is 2.27. The number of hydrogen-bond donors (Lipinski definition) is 2. The highest BCUT2D eigenvalue weighted by atomic mass is 35.5. The van der Waals surface area contributed by atoms with Crippen LogP contribution in [-0.4, -0.2) is 40.5 Å². The van der Waals surface area contributed by atoms with Crippen molar-refractivity contribution in [3.63, 3.8) is 0 Å². The van der Waals surface area contributed by atoms with Crippen molar-refractivity contribution in [2.24, 2.45) is 11.7 Å². The van der Waals surface area contributed by atoms with E-state index >= 15 is 0 Å². The van der Waals surface area contributed by atoms with Gasteiger partial charge in [0.15, 0.2) is 0 Å². The number of nitrogens with one attached hydrogen (secondary N) is 1. The Morgan fingerprint density at radius 1 is 1.42 bits per heavy atom. The Hall–Kier alpha value is -1.63. The second-order valence-corrected chi connectivity index (χ2v) is 4.99. The minimum atomic E-state index is -0.286. The molecule has 1 aliphatic heterocycles. The highest BCUT2D eigenvalue weighted by molar-refractivity contribution is 6.28. The van der Waals surface area contributed by atoms with E-state index in [9.17, 15) is 4.79 Å². The van der Waals surface area contributed by atoms with Crippen LogP contribution in [0.4, 0.5) is 11.9 Å². The predicted molar refractivity (Wildman–Crippen MR) is 73.1 cm³/mol. The van der Waals surface area contributed by atoms with Crippen LogP contribution in [-0.2, 0) is 4.79 Å². The highest BCUT2D eigenvalue weighted by Gasteiger charge is 2.30. The summed E-state index contributed by atoms with van der Waals surface area (Å²) in [6, 6.07) is 0.235. The smallest absolute Gasteiger partial charge is 0.231 e. The van der Waals surface area contributed by atoms with Gasteiger partial charge in [0.1, 0.15) is 0 Å². The number of anilines is 2. The summed E-state index contributed by atoms with van der Waals surface area (Å²) < 4.78 is 0. The SMILES string of the molecule is CNc1nc(Cl)nc(N2CC(C(N)=O)CCC2C)n1. The van der Waals surface area contributed by atoms with Crippen LogP contribution in [0.25, 0.3) is 0 Å². The summed E-state index contributed by atoms with van der Waals surface area (Å²) >= 11 is 5.87. The Morgan fingerprint density at radius 3 is 2.79 bits per heavy atom. The minimum Gasteiger partial charge on any atom is -0.369 e. The number of primary amides is 1. The van der Waals surface area contributed by atoms with E-state index in [-0.39, 0.29) is 23.2 Å². The van der Waals surface area contributed by atoms with Gasteiger partial charge < -0.3 is 16.0 Å². The first-order chi connectivity index (χ1) is 9.01. The van der Waals surface area contributed by atoms with E-state index in [2.05, 4.69) is 27.2 Å². The molecule has 0 aliphatic carbocycles. The average Bonchev–Trinajstić information content (AvgIpc) is 2.38. The van der Waals surface area contributed by atoms with E-state index in [1.165, 1.54) is 0 Å². The van der Waals surface area contributed by atoms with E-state index < -0.39 is 0 Å². The first-order valence-electron chi connectivity index (χ1n) is 6.16. The van der Waals surface area contributed by atoms with Gasteiger partial charge in [0.25, 0.3) is 0 Å². The molecule has 2 atom stereocenters. The average molecular weight is 285 g/mol. The first-order valence-corrected chi connectivity index (χ1v) is 6.54. The summed E-state index contributed by atoms with van der Waals surface area (Å²) in [7, 11) is 1.71. The number of carbonyl (C=O) groups excluding carboxylic acids is 1. The predicted octanol–water partition coefficient (Wildman–Crippen LogP) is 0.657. The fourth-order valence-electron chi connectivity index (χ4n) is 2.20. The van der Waals surface area contributed by atoms with Crippen LogP contribution in [0.15, 0.2) is 0 Å². The first kappa shape index (κ1) is 13.8. The third-order valence-electron chi connectivity index (χ3n) is 3.36. The summed E-state index contributed by atoms with van der Waals surface area (Å²) in [6.07, 6.45) is 1.66. The number of rotatable bonds is 3. The normalized spacial score (nSPS) is 23.2. The topological polar surface area (TPSA) is 97.0 Å². The number of aromatic nitrogens is 3. The van der Waals surface area contributed by atoms with E-state index in [1.807, 2.05) is 4.90 Å². The largest absolute Gasteiger partial charge is 0.369 e. The van der Waals surface area contributed by atoms with Gasteiger partial charge in [-0.25, -0.2) is 0 Å². The van der Waals surface area contributed by atoms with E-state index in [4.69, 9.17) is 17.3 Å². The number of carbonyl (C=O) groups is 1. The molecule has 1 amide bonds. The van der Waals surface area contributed by atoms with Crippen molar-refractivity contribution >= 4 is 29.4 Å². The van der Waals surface area contributed by atoms with Gasteiger partial charge in [0.05, 0.1) is 5.92 Å². The molecule has 2 heterocycles. The molecule has 7 nitrogen and oxygen atoms in total. The van der Waals surface area contributed by atoms with E-state index in [1.54, 1.807) is 7.05 Å². The summed E-state index contributed by atoms with van der Waals surface area (Å²) in [5.74, 6) is 0.418. The summed E-state index contributed by atoms with van der Waals surface area (Å²) in [6.45, 7) is 2.58. The molecule has 0 spiro atoms. The molecular formula is C11H17ClN6O. The molecule has 2 unspecified atom stereocenters. The van der Waals surface area contributed by atoms with Gasteiger partial charge in [-0.1, -0.05) is 0 Å². The molecule has 0 radical (unpaired) electrons. The van der Waals surface area contributed by atoms with Crippen LogP contribution >= 0.6 is 11.6 Å². The lowest BCUT2D eigenvalue weighted by Gasteiger charge is -2.36. The van der Waals surface area contributed by atoms with Crippen molar-refractivity contribution in [3.8, 4) is 0 Å². The molecule has 1 aromatic heterocycles. The van der Waals surface area contributed by atoms with E-state index in [0.29, 0.717) is 18.4 Å². The summed E-state index contributed by atoms with van der Waals surface area (Å²) in [4.78, 5) is 25.6. The zero-order valence-electron chi connectivity index (χ0n) is 10.9. The zero-order valence-corrected chi connectivity index (χ0v) is 11.7. The molecule has 0 aromatic carbocycles. The Kier molecular flexibility index (Phi) is 4.04.